The molecule has 0 saturated heterocycles. The Bertz CT molecular complexity index is 528. The first-order chi connectivity index (χ1) is 10.4. The number of carbonyl (C=O) groups is 2. The van der Waals surface area contributed by atoms with Crippen LogP contribution in [0.1, 0.15) is 23.4 Å². The number of aliphatic carboxylic acids is 1. The molecular formula is C14H21N3O4S. The molecule has 7 nitrogen and oxygen atoms in total. The van der Waals surface area contributed by atoms with Crippen molar-refractivity contribution < 1.29 is 19.4 Å². The number of aromatic nitrogens is 2. The van der Waals surface area contributed by atoms with Gasteiger partial charge in [-0.1, -0.05) is 11.8 Å². The third kappa shape index (κ3) is 5.27. The summed E-state index contributed by atoms with van der Waals surface area (Å²) >= 11 is 1.48. The van der Waals surface area contributed by atoms with Crippen molar-refractivity contribution in [1.82, 2.24) is 15.3 Å². The molecule has 0 spiro atoms. The van der Waals surface area contributed by atoms with Gasteiger partial charge in [-0.2, -0.15) is 0 Å². The Hall–Kier alpha value is -1.67. The SMILES string of the molecule is COC(CNC(=O)CCc1c(C)nc(SC)nc1C)C(=O)O. The van der Waals surface area contributed by atoms with Gasteiger partial charge in [0.15, 0.2) is 11.3 Å². The number of methoxy groups -OCH3 is 1. The van der Waals surface area contributed by atoms with Crippen molar-refractivity contribution in [3.05, 3.63) is 17.0 Å². The topological polar surface area (TPSA) is 101 Å². The Kier molecular flexibility index (Phi) is 7.26. The van der Waals surface area contributed by atoms with Crippen molar-refractivity contribution in [3.63, 3.8) is 0 Å². The van der Waals surface area contributed by atoms with Gasteiger partial charge in [0, 0.05) is 24.9 Å². The van der Waals surface area contributed by atoms with Crippen molar-refractivity contribution >= 4 is 23.6 Å². The van der Waals surface area contributed by atoms with E-state index in [0.717, 1.165) is 17.0 Å². The molecule has 1 atom stereocenters. The van der Waals surface area contributed by atoms with Crippen LogP contribution in [0, 0.1) is 13.8 Å². The number of aryl methyl sites for hydroxylation is 2. The summed E-state index contributed by atoms with van der Waals surface area (Å²) < 4.78 is 4.75. The first kappa shape index (κ1) is 18.4. The number of hydrogen-bond acceptors (Lipinski definition) is 6. The molecule has 0 aliphatic carbocycles. The zero-order chi connectivity index (χ0) is 16.7. The van der Waals surface area contributed by atoms with E-state index >= 15 is 0 Å². The summed E-state index contributed by atoms with van der Waals surface area (Å²) in [6.45, 7) is 3.74. The van der Waals surface area contributed by atoms with E-state index in [9.17, 15) is 9.59 Å². The number of carbonyl (C=O) groups excluding carboxylic acids is 1. The van der Waals surface area contributed by atoms with E-state index in [4.69, 9.17) is 9.84 Å². The number of ether oxygens (including phenoxy) is 1. The van der Waals surface area contributed by atoms with Gasteiger partial charge in [0.25, 0.3) is 0 Å². The molecular weight excluding hydrogens is 306 g/mol. The highest BCUT2D eigenvalue weighted by Crippen LogP contribution is 2.16. The third-order valence-corrected chi connectivity index (χ3v) is 3.78. The number of carboxylic acid groups (broad SMARTS) is 1. The first-order valence-electron chi connectivity index (χ1n) is 6.79. The van der Waals surface area contributed by atoms with E-state index in [-0.39, 0.29) is 18.9 Å². The van der Waals surface area contributed by atoms with Gasteiger partial charge < -0.3 is 15.2 Å². The Morgan fingerprint density at radius 3 is 2.36 bits per heavy atom. The highest BCUT2D eigenvalue weighted by molar-refractivity contribution is 7.98. The minimum absolute atomic E-state index is 0.0510. The predicted octanol–water partition coefficient (Wildman–Crippen LogP) is 0.964. The molecule has 0 aromatic carbocycles. The van der Waals surface area contributed by atoms with Crippen molar-refractivity contribution in [2.45, 2.75) is 37.9 Å². The number of nitrogens with zero attached hydrogens (tertiary/aromatic N) is 2. The van der Waals surface area contributed by atoms with Crippen LogP contribution >= 0.6 is 11.8 Å². The molecule has 122 valence electrons. The van der Waals surface area contributed by atoms with Gasteiger partial charge in [-0.25, -0.2) is 14.8 Å². The number of hydrogen-bond donors (Lipinski definition) is 2. The summed E-state index contributed by atoms with van der Waals surface area (Å²) in [4.78, 5) is 31.3. The maximum absolute atomic E-state index is 11.8. The molecule has 1 amide bonds. The highest BCUT2D eigenvalue weighted by Gasteiger charge is 2.17. The van der Waals surface area contributed by atoms with Crippen LogP contribution in [-0.4, -0.2) is 53.0 Å². The average molecular weight is 327 g/mol. The second kappa shape index (κ2) is 8.70. The largest absolute Gasteiger partial charge is 0.479 e. The van der Waals surface area contributed by atoms with Gasteiger partial charge in [0.2, 0.25) is 5.91 Å². The second-order valence-electron chi connectivity index (χ2n) is 4.73. The standard InChI is InChI=1S/C14H21N3O4S/c1-8-10(9(2)17-14(16-8)22-4)5-6-12(18)15-7-11(21-3)13(19)20/h11H,5-7H2,1-4H3,(H,15,18)(H,19,20). The maximum Gasteiger partial charge on any atom is 0.334 e. The molecule has 1 rings (SSSR count). The molecule has 0 aliphatic rings. The van der Waals surface area contributed by atoms with E-state index in [1.807, 2.05) is 20.1 Å². The van der Waals surface area contributed by atoms with Crippen molar-refractivity contribution in [3.8, 4) is 0 Å². The zero-order valence-electron chi connectivity index (χ0n) is 13.2. The summed E-state index contributed by atoms with van der Waals surface area (Å²) in [6.07, 6.45) is 1.65. The Morgan fingerprint density at radius 1 is 1.32 bits per heavy atom. The minimum Gasteiger partial charge on any atom is -0.479 e. The van der Waals surface area contributed by atoms with Crippen LogP contribution in [0.4, 0.5) is 0 Å². The Balaban J connectivity index is 2.56. The van der Waals surface area contributed by atoms with Crippen molar-refractivity contribution in [2.75, 3.05) is 19.9 Å². The molecule has 2 N–H and O–H groups in total. The van der Waals surface area contributed by atoms with Gasteiger partial charge in [0.1, 0.15) is 0 Å². The van der Waals surface area contributed by atoms with Crippen LogP contribution in [0.2, 0.25) is 0 Å². The molecule has 0 aliphatic heterocycles. The summed E-state index contributed by atoms with van der Waals surface area (Å²) in [5.41, 5.74) is 2.68. The van der Waals surface area contributed by atoms with E-state index < -0.39 is 12.1 Å². The first-order valence-corrected chi connectivity index (χ1v) is 8.01. The Morgan fingerprint density at radius 2 is 1.91 bits per heavy atom. The van der Waals surface area contributed by atoms with Crippen molar-refractivity contribution in [1.29, 1.82) is 0 Å². The smallest absolute Gasteiger partial charge is 0.334 e. The molecule has 1 heterocycles. The fourth-order valence-corrected chi connectivity index (χ4v) is 2.42. The van der Waals surface area contributed by atoms with Gasteiger partial charge in [-0.15, -0.1) is 0 Å². The number of carboxylic acids is 1. The van der Waals surface area contributed by atoms with E-state index in [0.29, 0.717) is 11.6 Å². The molecule has 22 heavy (non-hydrogen) atoms. The van der Waals surface area contributed by atoms with Gasteiger partial charge >= 0.3 is 5.97 Å². The lowest BCUT2D eigenvalue weighted by Crippen LogP contribution is -2.37. The molecule has 0 fully saturated rings. The van der Waals surface area contributed by atoms with Crippen LogP contribution in [-0.2, 0) is 20.7 Å². The fraction of sp³-hybridized carbons (Fsp3) is 0.571. The highest BCUT2D eigenvalue weighted by atomic mass is 32.2. The molecule has 1 aromatic heterocycles. The predicted molar refractivity (Wildman–Crippen MR) is 83.1 cm³/mol. The molecule has 1 aromatic rings. The average Bonchev–Trinajstić information content (AvgIpc) is 2.46. The summed E-state index contributed by atoms with van der Waals surface area (Å²) in [7, 11) is 1.29. The van der Waals surface area contributed by atoms with E-state index in [1.54, 1.807) is 0 Å². The fourth-order valence-electron chi connectivity index (χ4n) is 1.97. The van der Waals surface area contributed by atoms with Crippen LogP contribution in [0.15, 0.2) is 5.16 Å². The molecule has 8 heteroatoms. The van der Waals surface area contributed by atoms with Gasteiger partial charge in [-0.3, -0.25) is 4.79 Å². The number of rotatable bonds is 8. The van der Waals surface area contributed by atoms with Crippen LogP contribution < -0.4 is 5.32 Å². The number of thioether (sulfide) groups is 1. The molecule has 0 bridgehead atoms. The van der Waals surface area contributed by atoms with Crippen molar-refractivity contribution in [2.24, 2.45) is 0 Å². The summed E-state index contributed by atoms with van der Waals surface area (Å²) in [6, 6.07) is 0. The van der Waals surface area contributed by atoms with Crippen LogP contribution in [0.5, 0.6) is 0 Å². The minimum atomic E-state index is -1.10. The molecule has 0 radical (unpaired) electrons. The van der Waals surface area contributed by atoms with E-state index in [2.05, 4.69) is 15.3 Å². The van der Waals surface area contributed by atoms with Crippen LogP contribution in [0.25, 0.3) is 0 Å². The quantitative estimate of drug-likeness (QED) is 0.542. The summed E-state index contributed by atoms with van der Waals surface area (Å²) in [5, 5.41) is 12.1. The van der Waals surface area contributed by atoms with Gasteiger partial charge in [0.05, 0.1) is 6.54 Å². The lowest BCUT2D eigenvalue weighted by Gasteiger charge is -2.12. The van der Waals surface area contributed by atoms with Crippen LogP contribution in [0.3, 0.4) is 0 Å². The number of amides is 1. The zero-order valence-corrected chi connectivity index (χ0v) is 14.0. The maximum atomic E-state index is 11.8. The molecule has 1 unspecified atom stereocenters. The number of nitrogens with one attached hydrogen (secondary N) is 1. The Labute approximate surface area is 133 Å². The molecule has 0 saturated carbocycles. The lowest BCUT2D eigenvalue weighted by molar-refractivity contribution is -0.148. The normalized spacial score (nSPS) is 12.0. The summed E-state index contributed by atoms with van der Waals surface area (Å²) in [5.74, 6) is -1.33. The van der Waals surface area contributed by atoms with E-state index in [1.165, 1.54) is 18.9 Å². The third-order valence-electron chi connectivity index (χ3n) is 3.23. The lowest BCUT2D eigenvalue weighted by atomic mass is 10.1. The monoisotopic (exact) mass is 327 g/mol. The van der Waals surface area contributed by atoms with Gasteiger partial charge in [-0.05, 0) is 32.1 Å². The second-order valence-corrected chi connectivity index (χ2v) is 5.50.